The highest BCUT2D eigenvalue weighted by atomic mass is 32.2. The van der Waals surface area contributed by atoms with Gasteiger partial charge in [-0.15, -0.1) is 23.5 Å². The van der Waals surface area contributed by atoms with Gasteiger partial charge in [-0.3, -0.25) is 0 Å². The maximum atomic E-state index is 12.6. The zero-order valence-corrected chi connectivity index (χ0v) is 17.5. The number of rotatable bonds is 9. The van der Waals surface area contributed by atoms with Gasteiger partial charge in [0.15, 0.2) is 0 Å². The van der Waals surface area contributed by atoms with Gasteiger partial charge in [0.2, 0.25) is 9.84 Å². The molecule has 0 aliphatic heterocycles. The van der Waals surface area contributed by atoms with Gasteiger partial charge in [-0.1, -0.05) is 6.58 Å². The highest BCUT2D eigenvalue weighted by Crippen LogP contribution is 2.26. The molecule has 0 fully saturated rings. The van der Waals surface area contributed by atoms with E-state index in [1.165, 1.54) is 23.5 Å². The number of aliphatic hydroxyl groups is 2. The van der Waals surface area contributed by atoms with Crippen LogP contribution < -0.4 is 0 Å². The van der Waals surface area contributed by atoms with Crippen LogP contribution in [0.4, 0.5) is 0 Å². The van der Waals surface area contributed by atoms with Crippen molar-refractivity contribution in [3.8, 4) is 0 Å². The van der Waals surface area contributed by atoms with E-state index in [1.807, 2.05) is 0 Å². The third kappa shape index (κ3) is 8.07. The van der Waals surface area contributed by atoms with Crippen molar-refractivity contribution in [3.63, 3.8) is 0 Å². The Kier molecular flexibility index (Phi) is 10.9. The van der Waals surface area contributed by atoms with Gasteiger partial charge in [0.05, 0.1) is 23.0 Å². The number of hydrogen-bond acceptors (Lipinski definition) is 7. The second-order valence-electron chi connectivity index (χ2n) is 5.13. The van der Waals surface area contributed by atoms with E-state index in [2.05, 4.69) is 6.58 Å². The molecule has 0 radical (unpaired) electrons. The van der Waals surface area contributed by atoms with Gasteiger partial charge in [-0.2, -0.15) is 0 Å². The third-order valence-corrected chi connectivity index (χ3v) is 6.93. The Balaban J connectivity index is 0.000000696. The van der Waals surface area contributed by atoms with Crippen molar-refractivity contribution >= 4 is 39.3 Å². The second kappa shape index (κ2) is 12.6. The summed E-state index contributed by atoms with van der Waals surface area (Å²) in [5.74, 6) is 0.183. The van der Waals surface area contributed by atoms with E-state index in [1.54, 1.807) is 48.5 Å². The lowest BCUT2D eigenvalue weighted by Gasteiger charge is -2.07. The van der Waals surface area contributed by atoms with Crippen LogP contribution in [0.3, 0.4) is 0 Å². The number of benzene rings is 2. The topological polar surface area (TPSA) is 112 Å². The molecule has 0 aromatic heterocycles. The summed E-state index contributed by atoms with van der Waals surface area (Å²) in [7, 11) is -3.53. The molecule has 0 saturated heterocycles. The molecule has 2 aromatic carbocycles. The zero-order valence-electron chi connectivity index (χ0n) is 15.0. The van der Waals surface area contributed by atoms with Crippen molar-refractivity contribution in [2.24, 2.45) is 0 Å². The van der Waals surface area contributed by atoms with E-state index >= 15 is 0 Å². The van der Waals surface area contributed by atoms with Gasteiger partial charge in [0, 0.05) is 27.4 Å². The molecule has 0 heterocycles. The molecule has 9 heteroatoms. The van der Waals surface area contributed by atoms with Gasteiger partial charge in [0.25, 0.3) is 0 Å². The van der Waals surface area contributed by atoms with E-state index in [9.17, 15) is 13.2 Å². The van der Waals surface area contributed by atoms with Gasteiger partial charge in [-0.05, 0) is 48.5 Å². The Morgan fingerprint density at radius 1 is 0.857 bits per heavy atom. The van der Waals surface area contributed by atoms with E-state index in [0.717, 1.165) is 15.9 Å². The van der Waals surface area contributed by atoms with Crippen molar-refractivity contribution in [2.75, 3.05) is 24.7 Å². The quantitative estimate of drug-likeness (QED) is 0.401. The molecule has 2 aromatic rings. The summed E-state index contributed by atoms with van der Waals surface area (Å²) in [6.07, 6.45) is 0.833. The molecule has 0 saturated carbocycles. The van der Waals surface area contributed by atoms with Gasteiger partial charge >= 0.3 is 5.97 Å². The molecule has 6 nitrogen and oxygen atoms in total. The van der Waals surface area contributed by atoms with Crippen molar-refractivity contribution < 1.29 is 28.5 Å². The van der Waals surface area contributed by atoms with Crippen LogP contribution in [0.25, 0.3) is 0 Å². The number of carboxylic acid groups (broad SMARTS) is 1. The Morgan fingerprint density at radius 2 is 1.18 bits per heavy atom. The van der Waals surface area contributed by atoms with Crippen LogP contribution in [0.1, 0.15) is 0 Å². The summed E-state index contributed by atoms with van der Waals surface area (Å²) in [4.78, 5) is 11.6. The largest absolute Gasteiger partial charge is 0.478 e. The average molecular weight is 443 g/mol. The first-order valence-corrected chi connectivity index (χ1v) is 11.6. The molecule has 0 spiro atoms. The Hall–Kier alpha value is -1.78. The van der Waals surface area contributed by atoms with Crippen LogP contribution >= 0.6 is 23.5 Å². The highest BCUT2D eigenvalue weighted by molar-refractivity contribution is 7.99. The lowest BCUT2D eigenvalue weighted by molar-refractivity contribution is -0.131. The Labute approximate surface area is 173 Å². The molecule has 0 atom stereocenters. The summed E-state index contributed by atoms with van der Waals surface area (Å²) in [6.45, 7) is 3.14. The number of carboxylic acids is 1. The summed E-state index contributed by atoms with van der Waals surface area (Å²) in [6, 6.07) is 13.3. The number of carbonyl (C=O) groups is 1. The number of aliphatic hydroxyl groups excluding tert-OH is 2. The van der Waals surface area contributed by atoms with Crippen LogP contribution in [0.15, 0.2) is 80.8 Å². The fourth-order valence-corrected chi connectivity index (χ4v) is 4.47. The summed E-state index contributed by atoms with van der Waals surface area (Å²) in [5, 5.41) is 25.2. The van der Waals surface area contributed by atoms with E-state index in [-0.39, 0.29) is 23.0 Å². The fraction of sp³-hybridized carbons (Fsp3) is 0.211. The van der Waals surface area contributed by atoms with Crippen LogP contribution in [0, 0.1) is 0 Å². The van der Waals surface area contributed by atoms with Crippen molar-refractivity contribution in [1.29, 1.82) is 0 Å². The molecule has 152 valence electrons. The van der Waals surface area contributed by atoms with Gasteiger partial charge in [-0.25, -0.2) is 13.2 Å². The fourth-order valence-electron chi connectivity index (χ4n) is 1.89. The molecule has 2 rings (SSSR count). The number of hydrogen-bond donors (Lipinski definition) is 3. The van der Waals surface area contributed by atoms with E-state index in [4.69, 9.17) is 15.3 Å². The second-order valence-corrected chi connectivity index (χ2v) is 9.42. The molecule has 0 unspecified atom stereocenters. The molecule has 0 amide bonds. The van der Waals surface area contributed by atoms with Crippen LogP contribution in [-0.2, 0) is 14.6 Å². The Morgan fingerprint density at radius 3 is 1.43 bits per heavy atom. The SMILES string of the molecule is C=CC(=O)O.O=S(=O)(c1ccc(SCCO)cc1)c1ccc(SCCO)cc1. The maximum Gasteiger partial charge on any atom is 0.327 e. The smallest absolute Gasteiger partial charge is 0.327 e. The minimum atomic E-state index is -3.53. The molecule has 28 heavy (non-hydrogen) atoms. The van der Waals surface area contributed by atoms with E-state index < -0.39 is 15.8 Å². The highest BCUT2D eigenvalue weighted by Gasteiger charge is 2.17. The van der Waals surface area contributed by atoms with Crippen molar-refractivity contribution in [2.45, 2.75) is 19.6 Å². The van der Waals surface area contributed by atoms with Gasteiger partial charge < -0.3 is 15.3 Å². The predicted molar refractivity (Wildman–Crippen MR) is 112 cm³/mol. The lowest BCUT2D eigenvalue weighted by atomic mass is 10.4. The molecule has 0 aliphatic rings. The first-order chi connectivity index (χ1) is 13.3. The number of aliphatic carboxylic acids is 1. The first-order valence-electron chi connectivity index (χ1n) is 8.13. The lowest BCUT2D eigenvalue weighted by Crippen LogP contribution is -2.01. The van der Waals surface area contributed by atoms with E-state index in [0.29, 0.717) is 11.5 Å². The minimum Gasteiger partial charge on any atom is -0.478 e. The zero-order chi connectivity index (χ0) is 21.0. The first kappa shape index (κ1) is 24.3. The van der Waals surface area contributed by atoms with Gasteiger partial charge in [0.1, 0.15) is 0 Å². The third-order valence-electron chi connectivity index (χ3n) is 3.16. The predicted octanol–water partition coefficient (Wildman–Crippen LogP) is 2.95. The molecule has 0 bridgehead atoms. The number of thioether (sulfide) groups is 2. The minimum absolute atomic E-state index is 0.0886. The maximum absolute atomic E-state index is 12.6. The van der Waals surface area contributed by atoms with Crippen LogP contribution in [0.2, 0.25) is 0 Å². The molecule has 0 aliphatic carbocycles. The summed E-state index contributed by atoms with van der Waals surface area (Å²) >= 11 is 2.95. The number of sulfone groups is 1. The summed E-state index contributed by atoms with van der Waals surface area (Å²) in [5.41, 5.74) is 0. The van der Waals surface area contributed by atoms with Crippen LogP contribution in [0.5, 0.6) is 0 Å². The monoisotopic (exact) mass is 442 g/mol. The normalized spacial score (nSPS) is 10.6. The summed E-state index contributed by atoms with van der Waals surface area (Å²) < 4.78 is 25.2. The molecule has 3 N–H and O–H groups in total. The molecular formula is C19H22O6S3. The molecular weight excluding hydrogens is 420 g/mol. The Bertz CT molecular complexity index is 789. The van der Waals surface area contributed by atoms with Crippen molar-refractivity contribution in [3.05, 3.63) is 61.2 Å². The van der Waals surface area contributed by atoms with Crippen LogP contribution in [-0.4, -0.2) is 54.4 Å². The van der Waals surface area contributed by atoms with Crippen molar-refractivity contribution in [1.82, 2.24) is 0 Å². The average Bonchev–Trinajstić information content (AvgIpc) is 2.71. The standard InChI is InChI=1S/C16H18O4S3.C3H4O2/c17-9-11-21-13-1-5-15(6-2-13)23(19,20)16-7-3-14(4-8-16)22-12-10-18;1-2-3(4)5/h1-8,17-18H,9-12H2;2H,1H2,(H,4,5).